The Morgan fingerprint density at radius 3 is 3.06 bits per heavy atom. The third-order valence-corrected chi connectivity index (χ3v) is 4.93. The van der Waals surface area contributed by atoms with Gasteiger partial charge < -0.3 is 5.32 Å². The summed E-state index contributed by atoms with van der Waals surface area (Å²) in [6.45, 7) is 2.71. The second kappa shape index (κ2) is 5.53. The van der Waals surface area contributed by atoms with Crippen LogP contribution in [0.4, 0.5) is 4.39 Å². The molecule has 0 aliphatic carbocycles. The predicted octanol–water partition coefficient (Wildman–Crippen LogP) is 3.13. The fourth-order valence-corrected chi connectivity index (χ4v) is 3.47. The summed E-state index contributed by atoms with van der Waals surface area (Å²) < 4.78 is 13.6. The van der Waals surface area contributed by atoms with Crippen molar-refractivity contribution in [2.24, 2.45) is 0 Å². The molecule has 0 saturated carbocycles. The second-order valence-corrected chi connectivity index (χ2v) is 6.95. The van der Waals surface area contributed by atoms with Crippen LogP contribution in [0, 0.1) is 5.82 Å². The molecule has 1 heterocycles. The Morgan fingerprint density at radius 2 is 2.39 bits per heavy atom. The third-order valence-electron chi connectivity index (χ3n) is 3.12. The molecule has 1 aromatic carbocycles. The number of thiol groups is 1. The van der Waals surface area contributed by atoms with Crippen LogP contribution in [0.25, 0.3) is 0 Å². The van der Waals surface area contributed by atoms with Gasteiger partial charge in [-0.3, -0.25) is 4.79 Å². The van der Waals surface area contributed by atoms with Crippen molar-refractivity contribution >= 4 is 30.3 Å². The molecule has 1 N–H and O–H groups in total. The van der Waals surface area contributed by atoms with Crippen molar-refractivity contribution in [3.63, 3.8) is 0 Å². The van der Waals surface area contributed by atoms with Crippen molar-refractivity contribution in [3.05, 3.63) is 29.6 Å². The Balaban J connectivity index is 2.01. The molecule has 1 aliphatic rings. The van der Waals surface area contributed by atoms with Gasteiger partial charge in [0.25, 0.3) is 5.91 Å². The van der Waals surface area contributed by atoms with Crippen molar-refractivity contribution in [3.8, 4) is 0 Å². The lowest BCUT2D eigenvalue weighted by Gasteiger charge is -2.22. The van der Waals surface area contributed by atoms with Gasteiger partial charge in [0.15, 0.2) is 0 Å². The molecule has 0 bridgehead atoms. The van der Waals surface area contributed by atoms with Gasteiger partial charge in [-0.1, -0.05) is 0 Å². The van der Waals surface area contributed by atoms with Crippen LogP contribution in [0.3, 0.4) is 0 Å². The summed E-state index contributed by atoms with van der Waals surface area (Å²) in [5.74, 6) is 0.263. The van der Waals surface area contributed by atoms with E-state index in [2.05, 4.69) is 24.9 Å². The lowest BCUT2D eigenvalue weighted by Crippen LogP contribution is -2.37. The second-order valence-electron chi connectivity index (χ2n) is 4.75. The zero-order valence-electron chi connectivity index (χ0n) is 10.2. The molecule has 1 fully saturated rings. The fourth-order valence-electron chi connectivity index (χ4n) is 2.03. The maximum absolute atomic E-state index is 13.5. The maximum Gasteiger partial charge on any atom is 0.254 e. The number of carbonyl (C=O) groups excluding carboxylic acids is 1. The highest BCUT2D eigenvalue weighted by atomic mass is 32.2. The standard InChI is InChI=1S/C13H16FNOS2/c1-13(5-2-6-18-13)8-15-12(16)10-7-9(17)3-4-11(10)14/h3-4,7,17H,2,5-6,8H2,1H3,(H,15,16). The largest absolute Gasteiger partial charge is 0.351 e. The first-order chi connectivity index (χ1) is 8.50. The lowest BCUT2D eigenvalue weighted by molar-refractivity contribution is 0.0945. The number of benzene rings is 1. The molecule has 1 unspecified atom stereocenters. The van der Waals surface area contributed by atoms with Gasteiger partial charge in [0.1, 0.15) is 5.82 Å². The van der Waals surface area contributed by atoms with E-state index in [4.69, 9.17) is 0 Å². The first-order valence-corrected chi connectivity index (χ1v) is 7.34. The zero-order chi connectivity index (χ0) is 13.2. The van der Waals surface area contributed by atoms with Crippen molar-refractivity contribution in [1.29, 1.82) is 0 Å². The number of thioether (sulfide) groups is 1. The minimum absolute atomic E-state index is 0.0640. The van der Waals surface area contributed by atoms with Crippen molar-refractivity contribution in [1.82, 2.24) is 5.32 Å². The van der Waals surface area contributed by atoms with Gasteiger partial charge in [0.2, 0.25) is 0 Å². The lowest BCUT2D eigenvalue weighted by atomic mass is 10.1. The Labute approximate surface area is 116 Å². The highest BCUT2D eigenvalue weighted by molar-refractivity contribution is 8.00. The maximum atomic E-state index is 13.5. The number of nitrogens with one attached hydrogen (secondary N) is 1. The van der Waals surface area contributed by atoms with Gasteiger partial charge in [-0.25, -0.2) is 4.39 Å². The summed E-state index contributed by atoms with van der Waals surface area (Å²) in [5.41, 5.74) is 0.0640. The molecule has 1 aromatic rings. The number of hydrogen-bond donors (Lipinski definition) is 2. The molecule has 1 amide bonds. The summed E-state index contributed by atoms with van der Waals surface area (Å²) in [5, 5.41) is 2.82. The molecular formula is C13H16FNOS2. The van der Waals surface area contributed by atoms with E-state index >= 15 is 0 Å². The Bertz CT molecular complexity index is 458. The molecule has 18 heavy (non-hydrogen) atoms. The van der Waals surface area contributed by atoms with Crippen molar-refractivity contribution in [2.45, 2.75) is 29.4 Å². The quantitative estimate of drug-likeness (QED) is 0.836. The van der Waals surface area contributed by atoms with Crippen LogP contribution in [0.5, 0.6) is 0 Å². The summed E-state index contributed by atoms with van der Waals surface area (Å²) in [6, 6.07) is 4.25. The van der Waals surface area contributed by atoms with Gasteiger partial charge in [-0.15, -0.1) is 12.6 Å². The van der Waals surface area contributed by atoms with Crippen LogP contribution < -0.4 is 5.32 Å². The molecule has 0 radical (unpaired) electrons. The third kappa shape index (κ3) is 3.20. The molecule has 1 aliphatic heterocycles. The van der Waals surface area contributed by atoms with Gasteiger partial charge >= 0.3 is 0 Å². The predicted molar refractivity (Wildman–Crippen MR) is 76.1 cm³/mol. The van der Waals surface area contributed by atoms with E-state index in [0.717, 1.165) is 12.2 Å². The van der Waals surface area contributed by atoms with Crippen LogP contribution in [0.2, 0.25) is 0 Å². The number of amides is 1. The SMILES string of the molecule is CC1(CNC(=O)c2cc(S)ccc2F)CCCS1. The highest BCUT2D eigenvalue weighted by Crippen LogP contribution is 2.37. The number of hydrogen-bond acceptors (Lipinski definition) is 3. The Morgan fingerprint density at radius 1 is 1.61 bits per heavy atom. The monoisotopic (exact) mass is 285 g/mol. The van der Waals surface area contributed by atoms with Crippen LogP contribution in [0.1, 0.15) is 30.1 Å². The van der Waals surface area contributed by atoms with Crippen LogP contribution >= 0.6 is 24.4 Å². The molecular weight excluding hydrogens is 269 g/mol. The molecule has 98 valence electrons. The molecule has 0 aromatic heterocycles. The topological polar surface area (TPSA) is 29.1 Å². The zero-order valence-corrected chi connectivity index (χ0v) is 11.9. The van der Waals surface area contributed by atoms with Crippen LogP contribution in [-0.4, -0.2) is 23.0 Å². The van der Waals surface area contributed by atoms with Crippen LogP contribution in [0.15, 0.2) is 23.1 Å². The molecule has 2 nitrogen and oxygen atoms in total. The highest BCUT2D eigenvalue weighted by Gasteiger charge is 2.30. The molecule has 1 saturated heterocycles. The Hall–Kier alpha value is -0.680. The number of rotatable bonds is 3. The smallest absolute Gasteiger partial charge is 0.254 e. The normalized spacial score (nSPS) is 23.1. The average Bonchev–Trinajstić information content (AvgIpc) is 2.77. The van der Waals surface area contributed by atoms with E-state index in [0.29, 0.717) is 11.4 Å². The van der Waals surface area contributed by atoms with Crippen molar-refractivity contribution < 1.29 is 9.18 Å². The van der Waals surface area contributed by atoms with Crippen molar-refractivity contribution in [2.75, 3.05) is 12.3 Å². The molecule has 5 heteroatoms. The minimum Gasteiger partial charge on any atom is -0.351 e. The van der Waals surface area contributed by atoms with Gasteiger partial charge in [-0.2, -0.15) is 11.8 Å². The molecule has 1 atom stereocenters. The van der Waals surface area contributed by atoms with Gasteiger partial charge in [-0.05, 0) is 43.7 Å². The van der Waals surface area contributed by atoms with Crippen LogP contribution in [-0.2, 0) is 0 Å². The van der Waals surface area contributed by atoms with Gasteiger partial charge in [0, 0.05) is 16.2 Å². The number of halogens is 1. The first-order valence-electron chi connectivity index (χ1n) is 5.91. The summed E-state index contributed by atoms with van der Waals surface area (Å²) in [4.78, 5) is 12.5. The molecule has 2 rings (SSSR count). The summed E-state index contributed by atoms with van der Waals surface area (Å²) >= 11 is 5.98. The minimum atomic E-state index is -0.505. The Kier molecular flexibility index (Phi) is 4.22. The molecule has 0 spiro atoms. The fraction of sp³-hybridized carbons (Fsp3) is 0.462. The van der Waals surface area contributed by atoms with E-state index in [-0.39, 0.29) is 16.2 Å². The van der Waals surface area contributed by atoms with E-state index < -0.39 is 5.82 Å². The van der Waals surface area contributed by atoms with E-state index in [9.17, 15) is 9.18 Å². The van der Waals surface area contributed by atoms with Gasteiger partial charge in [0.05, 0.1) is 5.56 Å². The summed E-state index contributed by atoms with van der Waals surface area (Å²) in [6.07, 6.45) is 2.27. The first kappa shape index (κ1) is 13.7. The van der Waals surface area contributed by atoms with E-state index in [1.54, 1.807) is 0 Å². The van der Waals surface area contributed by atoms with E-state index in [1.165, 1.54) is 24.6 Å². The summed E-state index contributed by atoms with van der Waals surface area (Å²) in [7, 11) is 0. The van der Waals surface area contributed by atoms with E-state index in [1.807, 2.05) is 11.8 Å². The average molecular weight is 285 g/mol. The number of carbonyl (C=O) groups is 1.